The molecule has 4 nitrogen and oxygen atoms in total. The van der Waals surface area contributed by atoms with Crippen LogP contribution in [0.3, 0.4) is 0 Å². The number of aryl methyl sites for hydroxylation is 1. The average molecular weight is 293 g/mol. The number of hydrogen-bond acceptors (Lipinski definition) is 3. The van der Waals surface area contributed by atoms with Gasteiger partial charge in [0.05, 0.1) is 19.1 Å². The largest absolute Gasteiger partial charge is 0.481 e. The van der Waals surface area contributed by atoms with Gasteiger partial charge in [0.25, 0.3) is 0 Å². The molecule has 118 valence electrons. The Kier molecular flexibility index (Phi) is 8.01. The number of carbonyl (C=O) groups is 1. The first kappa shape index (κ1) is 17.7. The van der Waals surface area contributed by atoms with Crippen LogP contribution >= 0.6 is 0 Å². The smallest absolute Gasteiger partial charge is 0.310 e. The number of carboxylic acids is 1. The second kappa shape index (κ2) is 9.53. The number of nitrogens with zero attached hydrogens (tertiary/aromatic N) is 1. The van der Waals surface area contributed by atoms with Crippen LogP contribution < -0.4 is 0 Å². The minimum Gasteiger partial charge on any atom is -0.481 e. The average Bonchev–Trinajstić information content (AvgIpc) is 2.51. The number of carboxylic acid groups (broad SMARTS) is 1. The first-order chi connectivity index (χ1) is 10.1. The molecule has 0 aromatic heterocycles. The normalized spacial score (nSPS) is 16.7. The van der Waals surface area contributed by atoms with Crippen LogP contribution in [0.4, 0.5) is 0 Å². The fourth-order valence-electron chi connectivity index (χ4n) is 2.27. The van der Waals surface area contributed by atoms with Crippen molar-refractivity contribution in [3.05, 3.63) is 35.4 Å². The van der Waals surface area contributed by atoms with Gasteiger partial charge in [-0.1, -0.05) is 43.7 Å². The first-order valence-electron chi connectivity index (χ1n) is 7.67. The second-order valence-corrected chi connectivity index (χ2v) is 5.26. The summed E-state index contributed by atoms with van der Waals surface area (Å²) >= 11 is 0. The Morgan fingerprint density at radius 3 is 2.19 bits per heavy atom. The van der Waals surface area contributed by atoms with Gasteiger partial charge in [-0.2, -0.15) is 0 Å². The molecule has 1 aromatic carbocycles. The van der Waals surface area contributed by atoms with E-state index in [-0.39, 0.29) is 5.92 Å². The Morgan fingerprint density at radius 2 is 1.81 bits per heavy atom. The van der Waals surface area contributed by atoms with Crippen molar-refractivity contribution in [2.45, 2.75) is 33.1 Å². The summed E-state index contributed by atoms with van der Waals surface area (Å²) in [6.45, 7) is 11.3. The van der Waals surface area contributed by atoms with Crippen LogP contribution in [0.25, 0.3) is 0 Å². The highest BCUT2D eigenvalue weighted by Gasteiger charge is 2.16. The lowest BCUT2D eigenvalue weighted by molar-refractivity contribution is -0.138. The van der Waals surface area contributed by atoms with Gasteiger partial charge in [-0.15, -0.1) is 0 Å². The molecule has 0 saturated carbocycles. The van der Waals surface area contributed by atoms with Crippen LogP contribution in [0.5, 0.6) is 0 Å². The van der Waals surface area contributed by atoms with Crippen LogP contribution in [0.15, 0.2) is 24.3 Å². The molecule has 1 aliphatic heterocycles. The molecule has 1 unspecified atom stereocenters. The Balaban J connectivity index is 0.000000235. The fourth-order valence-corrected chi connectivity index (χ4v) is 2.27. The Bertz CT molecular complexity index is 411. The molecule has 1 atom stereocenters. The highest BCUT2D eigenvalue weighted by Crippen LogP contribution is 2.19. The number of aliphatic carboxylic acids is 1. The van der Waals surface area contributed by atoms with Crippen LogP contribution in [0, 0.1) is 6.92 Å². The minimum absolute atomic E-state index is 0.361. The number of likely N-dealkylation sites (N-methyl/N-ethyl adjacent to an activating group) is 1. The SMILES string of the molecule is CCC(C(=O)O)c1ccc(C)cc1.CCN1CCOCC1. The molecule has 1 heterocycles. The van der Waals surface area contributed by atoms with Crippen LogP contribution in [0.2, 0.25) is 0 Å². The number of benzene rings is 1. The maximum absolute atomic E-state index is 10.8. The maximum Gasteiger partial charge on any atom is 0.310 e. The molecule has 2 rings (SSSR count). The van der Waals surface area contributed by atoms with Gasteiger partial charge in [0, 0.05) is 13.1 Å². The van der Waals surface area contributed by atoms with Crippen LogP contribution in [-0.4, -0.2) is 48.8 Å². The van der Waals surface area contributed by atoms with E-state index in [1.165, 1.54) is 6.54 Å². The summed E-state index contributed by atoms with van der Waals surface area (Å²) in [7, 11) is 0. The zero-order chi connectivity index (χ0) is 15.7. The van der Waals surface area contributed by atoms with Crippen molar-refractivity contribution in [2.75, 3.05) is 32.8 Å². The third kappa shape index (κ3) is 6.27. The lowest BCUT2D eigenvalue weighted by atomic mass is 9.96. The zero-order valence-electron chi connectivity index (χ0n) is 13.3. The first-order valence-corrected chi connectivity index (χ1v) is 7.67. The number of morpholine rings is 1. The molecule has 0 amide bonds. The van der Waals surface area contributed by atoms with Gasteiger partial charge in [0.2, 0.25) is 0 Å². The van der Waals surface area contributed by atoms with Crippen molar-refractivity contribution in [3.63, 3.8) is 0 Å². The maximum atomic E-state index is 10.8. The summed E-state index contributed by atoms with van der Waals surface area (Å²) in [6, 6.07) is 7.66. The van der Waals surface area contributed by atoms with Gasteiger partial charge in [0.1, 0.15) is 0 Å². The summed E-state index contributed by atoms with van der Waals surface area (Å²) in [5, 5.41) is 8.90. The molecule has 21 heavy (non-hydrogen) atoms. The van der Waals surface area contributed by atoms with E-state index in [4.69, 9.17) is 9.84 Å². The van der Waals surface area contributed by atoms with Crippen molar-refractivity contribution in [1.82, 2.24) is 4.90 Å². The Hall–Kier alpha value is -1.39. The van der Waals surface area contributed by atoms with Crippen molar-refractivity contribution in [1.29, 1.82) is 0 Å². The summed E-state index contributed by atoms with van der Waals surface area (Å²) in [5.74, 6) is -1.10. The van der Waals surface area contributed by atoms with E-state index in [1.807, 2.05) is 38.1 Å². The lowest BCUT2D eigenvalue weighted by Gasteiger charge is -2.24. The highest BCUT2D eigenvalue weighted by atomic mass is 16.5. The number of rotatable bonds is 4. The van der Waals surface area contributed by atoms with Gasteiger partial charge in [0.15, 0.2) is 0 Å². The molecule has 0 spiro atoms. The highest BCUT2D eigenvalue weighted by molar-refractivity contribution is 5.75. The minimum atomic E-state index is -0.744. The summed E-state index contributed by atoms with van der Waals surface area (Å²) in [6.07, 6.45) is 0.637. The van der Waals surface area contributed by atoms with Gasteiger partial charge in [-0.3, -0.25) is 9.69 Å². The Labute approximate surface area is 127 Å². The van der Waals surface area contributed by atoms with Crippen molar-refractivity contribution >= 4 is 5.97 Å². The monoisotopic (exact) mass is 293 g/mol. The molecule has 0 bridgehead atoms. The third-order valence-electron chi connectivity index (χ3n) is 3.74. The van der Waals surface area contributed by atoms with E-state index >= 15 is 0 Å². The Morgan fingerprint density at radius 1 is 1.24 bits per heavy atom. The van der Waals surface area contributed by atoms with Gasteiger partial charge >= 0.3 is 5.97 Å². The predicted octanol–water partition coefficient (Wildman–Crippen LogP) is 2.91. The summed E-state index contributed by atoms with van der Waals surface area (Å²) in [5.41, 5.74) is 2.05. The van der Waals surface area contributed by atoms with E-state index in [9.17, 15) is 4.79 Å². The molecule has 4 heteroatoms. The van der Waals surface area contributed by atoms with Gasteiger partial charge in [-0.25, -0.2) is 0 Å². The summed E-state index contributed by atoms with van der Waals surface area (Å²) < 4.78 is 5.16. The second-order valence-electron chi connectivity index (χ2n) is 5.26. The predicted molar refractivity (Wildman–Crippen MR) is 84.8 cm³/mol. The molecule has 1 fully saturated rings. The molecular formula is C17H27NO3. The van der Waals surface area contributed by atoms with Crippen molar-refractivity contribution in [3.8, 4) is 0 Å². The molecule has 1 N–H and O–H groups in total. The molecule has 1 saturated heterocycles. The van der Waals surface area contributed by atoms with E-state index in [0.29, 0.717) is 6.42 Å². The number of ether oxygens (including phenoxy) is 1. The topological polar surface area (TPSA) is 49.8 Å². The molecule has 0 aliphatic carbocycles. The zero-order valence-corrected chi connectivity index (χ0v) is 13.3. The quantitative estimate of drug-likeness (QED) is 0.927. The lowest BCUT2D eigenvalue weighted by Crippen LogP contribution is -2.35. The van der Waals surface area contributed by atoms with E-state index in [0.717, 1.165) is 37.4 Å². The van der Waals surface area contributed by atoms with Gasteiger partial charge in [-0.05, 0) is 25.5 Å². The van der Waals surface area contributed by atoms with E-state index in [1.54, 1.807) is 0 Å². The fraction of sp³-hybridized carbons (Fsp3) is 0.588. The molecule has 1 aliphatic rings. The molecular weight excluding hydrogens is 266 g/mol. The van der Waals surface area contributed by atoms with Crippen molar-refractivity contribution in [2.24, 2.45) is 0 Å². The third-order valence-corrected chi connectivity index (χ3v) is 3.74. The van der Waals surface area contributed by atoms with E-state index < -0.39 is 5.97 Å². The van der Waals surface area contributed by atoms with Crippen molar-refractivity contribution < 1.29 is 14.6 Å². The summed E-state index contributed by atoms with van der Waals surface area (Å²) in [4.78, 5) is 13.2. The molecule has 0 radical (unpaired) electrons. The standard InChI is InChI=1S/C11H14O2.C6H13NO/c1-3-10(11(12)13)9-6-4-8(2)5-7-9;1-2-7-3-5-8-6-4-7/h4-7,10H,3H2,1-2H3,(H,12,13);2-6H2,1H3. The van der Waals surface area contributed by atoms with Gasteiger partial charge < -0.3 is 9.84 Å². The van der Waals surface area contributed by atoms with Crippen LogP contribution in [-0.2, 0) is 9.53 Å². The number of hydrogen-bond donors (Lipinski definition) is 1. The molecule has 1 aromatic rings. The van der Waals surface area contributed by atoms with Crippen LogP contribution in [0.1, 0.15) is 37.3 Å². The van der Waals surface area contributed by atoms with E-state index in [2.05, 4.69) is 11.8 Å².